The molecule has 0 aromatic rings. The Hall–Kier alpha value is 1.57. The standard InChI is InChI=1S/6CN.Fe.3K.HNO3.3H/c6*1-2;;;;;2-1(3)4;;;/h;;;;;;;;;;(H,2,3,4);;;/q6*-1;+6;3*+1;;3*-1. The van der Waals surface area contributed by atoms with Crippen molar-refractivity contribution in [3.05, 3.63) is 49.5 Å². The third-order valence-electron chi connectivity index (χ3n) is 0. The van der Waals surface area contributed by atoms with Crippen LogP contribution in [0.4, 0.5) is 0 Å². The quantitative estimate of drug-likeness (QED) is 0.178. The van der Waals surface area contributed by atoms with Crippen LogP contribution in [-0.2, 0) is 17.1 Å². The Morgan fingerprint density at radius 3 is 0.700 bits per heavy atom. The summed E-state index contributed by atoms with van der Waals surface area (Å²) in [4.78, 5) is 8.36. The zero-order valence-electron chi connectivity index (χ0n) is 13.7. The van der Waals surface area contributed by atoms with Gasteiger partial charge in [0.2, 0.25) is 0 Å². The van der Waals surface area contributed by atoms with E-state index in [9.17, 15) is 0 Å². The zero-order valence-corrected chi connectivity index (χ0v) is 21.2. The van der Waals surface area contributed by atoms with Crippen LogP contribution in [-0.4, -0.2) is 10.3 Å². The SMILES string of the molecule is O=[N+]([O-])O.[C-]#N.[C-]#N.[C-]#N.[C-]#N.[C-]#N.[C-]#N.[Fe+6].[H-].[H-].[H-].[K+].[K+].[K+]. The largest absolute Gasteiger partial charge is 6.00 e. The van der Waals surface area contributed by atoms with Gasteiger partial charge in [0.05, 0.1) is 0 Å². The molecule has 0 atom stereocenters. The van der Waals surface area contributed by atoms with Crippen LogP contribution < -0.4 is 154 Å². The number of nitrogens with zero attached hydrogens (tertiary/aromatic N) is 7. The van der Waals surface area contributed by atoms with E-state index in [0.717, 1.165) is 0 Å². The molecular formula is C6H4FeK3N7O3. The van der Waals surface area contributed by atoms with Gasteiger partial charge in [-0.3, -0.25) is 0 Å². The molecule has 0 heterocycles. The van der Waals surface area contributed by atoms with Gasteiger partial charge in [0.1, 0.15) is 0 Å². The first-order valence-corrected chi connectivity index (χ1v) is 1.91. The van der Waals surface area contributed by atoms with Crippen LogP contribution in [0.5, 0.6) is 0 Å². The predicted molar refractivity (Wildman–Crippen MR) is 41.9 cm³/mol. The first-order valence-electron chi connectivity index (χ1n) is 1.91. The van der Waals surface area contributed by atoms with Gasteiger partial charge in [0, 0.05) is 0 Å². The van der Waals surface area contributed by atoms with E-state index in [1.165, 1.54) is 0 Å². The molecule has 0 aliphatic heterocycles. The molecule has 0 saturated carbocycles. The minimum atomic E-state index is -1.50. The third-order valence-corrected chi connectivity index (χ3v) is 0. The van der Waals surface area contributed by atoms with Crippen molar-refractivity contribution in [2.24, 2.45) is 0 Å². The summed E-state index contributed by atoms with van der Waals surface area (Å²) in [5, 5.41) is 51.1. The molecule has 0 aliphatic rings. The van der Waals surface area contributed by atoms with E-state index in [0.29, 0.717) is 0 Å². The van der Waals surface area contributed by atoms with E-state index >= 15 is 0 Å². The molecule has 0 radical (unpaired) electrons. The fourth-order valence-electron chi connectivity index (χ4n) is 0. The average Bonchev–Trinajstić information content (AvgIpc) is 2.42. The molecule has 20 heavy (non-hydrogen) atoms. The van der Waals surface area contributed by atoms with Gasteiger partial charge in [-0.1, -0.05) is 0 Å². The maximum Gasteiger partial charge on any atom is 6.00 e. The number of hydrogen-bond donors (Lipinski definition) is 1. The minimum absolute atomic E-state index is 0. The Bertz CT molecular complexity index is 192. The van der Waals surface area contributed by atoms with Crippen molar-refractivity contribution >= 4 is 0 Å². The summed E-state index contributed by atoms with van der Waals surface area (Å²) in [5.74, 6) is 0. The summed E-state index contributed by atoms with van der Waals surface area (Å²) in [5.41, 5.74) is 0. The van der Waals surface area contributed by atoms with Crippen molar-refractivity contribution in [1.82, 2.24) is 0 Å². The van der Waals surface area contributed by atoms with Crippen LogP contribution in [0.3, 0.4) is 0 Å². The van der Waals surface area contributed by atoms with E-state index in [1.807, 2.05) is 0 Å². The molecule has 0 fully saturated rings. The molecule has 14 heteroatoms. The fraction of sp³-hybridized carbons (Fsp3) is 0. The molecule has 0 aromatic heterocycles. The Kier molecular flexibility index (Phi) is 1540. The summed E-state index contributed by atoms with van der Waals surface area (Å²) in [6, 6.07) is 0. The third kappa shape index (κ3) is 2740. The van der Waals surface area contributed by atoms with E-state index < -0.39 is 5.09 Å². The molecule has 0 aliphatic carbocycles. The van der Waals surface area contributed by atoms with Gasteiger partial charge in [-0.2, -0.15) is 0 Å². The van der Waals surface area contributed by atoms with Crippen LogP contribution in [0, 0.1) is 81.1 Å². The molecule has 0 amide bonds. The van der Waals surface area contributed by atoms with Crippen LogP contribution in [0.2, 0.25) is 0 Å². The van der Waals surface area contributed by atoms with E-state index in [1.54, 1.807) is 0 Å². The second kappa shape index (κ2) is 377. The van der Waals surface area contributed by atoms with Gasteiger partial charge in [-0.25, -0.2) is 0 Å². The maximum absolute atomic E-state index is 8.36. The van der Waals surface area contributed by atoms with Crippen LogP contribution in [0.25, 0.3) is 0 Å². The first kappa shape index (κ1) is 81.7. The van der Waals surface area contributed by atoms with Crippen molar-refractivity contribution in [3.63, 3.8) is 0 Å². The van der Waals surface area contributed by atoms with Crippen molar-refractivity contribution in [1.29, 1.82) is 31.6 Å². The topological polar surface area (TPSA) is 206 Å². The predicted octanol–water partition coefficient (Wildman–Crippen LogP) is -8.42. The Morgan fingerprint density at radius 2 is 0.700 bits per heavy atom. The monoisotopic (exact) mass is 395 g/mol. The summed E-state index contributed by atoms with van der Waals surface area (Å²) >= 11 is 0. The second-order valence-corrected chi connectivity index (χ2v) is 0.238. The average molecular weight is 395 g/mol. The molecule has 0 unspecified atom stereocenters. The molecule has 0 saturated heterocycles. The molecule has 92 valence electrons. The molecule has 0 bridgehead atoms. The molecule has 10 nitrogen and oxygen atoms in total. The molecule has 0 aromatic carbocycles. The molecule has 0 spiro atoms. The Labute approximate surface area is 260 Å². The number of rotatable bonds is 0. The van der Waals surface area contributed by atoms with Crippen LogP contribution >= 0.6 is 0 Å². The van der Waals surface area contributed by atoms with E-state index in [4.69, 9.17) is 86.3 Å². The van der Waals surface area contributed by atoms with Gasteiger partial charge in [-0.05, 0) is 0 Å². The van der Waals surface area contributed by atoms with Crippen LogP contribution in [0.15, 0.2) is 0 Å². The Morgan fingerprint density at radius 1 is 0.700 bits per heavy atom. The van der Waals surface area contributed by atoms with Crippen molar-refractivity contribution in [3.8, 4) is 0 Å². The van der Waals surface area contributed by atoms with E-state index in [-0.39, 0.29) is 176 Å². The fourth-order valence-corrected chi connectivity index (χ4v) is 0. The maximum atomic E-state index is 8.36. The molecule has 0 rings (SSSR count). The molecule has 1 N–H and O–H groups in total. The Balaban J connectivity index is -0.00000000333. The first-order chi connectivity index (χ1) is 7.73. The summed E-state index contributed by atoms with van der Waals surface area (Å²) in [7, 11) is 0. The smallest absolute Gasteiger partial charge is 1.00 e. The van der Waals surface area contributed by atoms with Crippen LogP contribution in [0.1, 0.15) is 4.28 Å². The number of hydrogen-bond acceptors (Lipinski definition) is 8. The van der Waals surface area contributed by atoms with Crippen molar-refractivity contribution < 1.29 is 186 Å². The van der Waals surface area contributed by atoms with Crippen molar-refractivity contribution in [2.75, 3.05) is 0 Å². The van der Waals surface area contributed by atoms with Gasteiger partial charge in [-0.15, -0.1) is 10.1 Å². The van der Waals surface area contributed by atoms with Gasteiger partial charge in [0.15, 0.2) is 0 Å². The summed E-state index contributed by atoms with van der Waals surface area (Å²) < 4.78 is 0. The van der Waals surface area contributed by atoms with Crippen molar-refractivity contribution in [2.45, 2.75) is 0 Å². The second-order valence-electron chi connectivity index (χ2n) is 0.238. The normalized spacial score (nSPS) is 1.80. The molecular weight excluding hydrogens is 391 g/mol. The summed E-state index contributed by atoms with van der Waals surface area (Å²) in [6.07, 6.45) is 0. The van der Waals surface area contributed by atoms with E-state index in [2.05, 4.69) is 0 Å². The van der Waals surface area contributed by atoms with Gasteiger partial charge >= 0.3 is 171 Å². The van der Waals surface area contributed by atoms with Gasteiger partial charge in [0.25, 0.3) is 5.09 Å². The summed E-state index contributed by atoms with van der Waals surface area (Å²) in [6.45, 7) is 28.5. The zero-order chi connectivity index (χ0) is 15.6. The minimum Gasteiger partial charge on any atom is -1.00 e. The van der Waals surface area contributed by atoms with Gasteiger partial charge < -0.3 is 80.5 Å².